The zero-order valence-electron chi connectivity index (χ0n) is 20.4. The average molecular weight is 422 g/mol. The third kappa shape index (κ3) is 12.2. The molecule has 2 unspecified atom stereocenters. The average Bonchev–Trinajstić information content (AvgIpc) is 3.16. The summed E-state index contributed by atoms with van der Waals surface area (Å²) in [5.41, 5.74) is 0. The molecular formula is C27H53N2O+. The van der Waals surface area contributed by atoms with Crippen molar-refractivity contribution in [2.75, 3.05) is 19.7 Å². The highest BCUT2D eigenvalue weighted by Gasteiger charge is 2.35. The molecule has 3 nitrogen and oxygen atoms in total. The molecule has 3 heteroatoms. The van der Waals surface area contributed by atoms with Crippen molar-refractivity contribution in [2.24, 2.45) is 0 Å². The van der Waals surface area contributed by atoms with E-state index in [0.29, 0.717) is 6.17 Å². The van der Waals surface area contributed by atoms with Crippen LogP contribution >= 0.6 is 0 Å². The van der Waals surface area contributed by atoms with Crippen molar-refractivity contribution in [1.29, 1.82) is 0 Å². The monoisotopic (exact) mass is 421 g/mol. The van der Waals surface area contributed by atoms with Crippen LogP contribution in [0.1, 0.15) is 123 Å². The maximum absolute atomic E-state index is 9.39. The minimum absolute atomic E-state index is 0.268. The molecule has 176 valence electrons. The number of hydrogen-bond donors (Lipinski definition) is 2. The van der Waals surface area contributed by atoms with E-state index in [9.17, 15) is 5.11 Å². The van der Waals surface area contributed by atoms with Crippen LogP contribution in [0.5, 0.6) is 0 Å². The van der Waals surface area contributed by atoms with E-state index in [-0.39, 0.29) is 6.61 Å². The van der Waals surface area contributed by atoms with Gasteiger partial charge in [-0.1, -0.05) is 89.7 Å². The molecule has 0 bridgehead atoms. The van der Waals surface area contributed by atoms with Gasteiger partial charge in [-0.2, -0.15) is 0 Å². The first-order valence-corrected chi connectivity index (χ1v) is 13.3. The SMILES string of the molecule is CCCCCCCCCC/C=C/CCCCCCCCC1NC=C[N+]1(CC)CCO. The van der Waals surface area contributed by atoms with Gasteiger partial charge in [0, 0.05) is 6.42 Å². The number of nitrogens with zero attached hydrogens (tertiary/aromatic N) is 1. The van der Waals surface area contributed by atoms with Crippen molar-refractivity contribution in [3.8, 4) is 0 Å². The molecule has 30 heavy (non-hydrogen) atoms. The number of unbranched alkanes of at least 4 members (excludes halogenated alkanes) is 14. The lowest BCUT2D eigenvalue weighted by Gasteiger charge is -2.36. The van der Waals surface area contributed by atoms with Gasteiger partial charge >= 0.3 is 0 Å². The van der Waals surface area contributed by atoms with Crippen LogP contribution in [0.3, 0.4) is 0 Å². The summed E-state index contributed by atoms with van der Waals surface area (Å²) in [6.07, 6.45) is 32.9. The highest BCUT2D eigenvalue weighted by atomic mass is 16.3. The second-order valence-electron chi connectivity index (χ2n) is 9.30. The molecule has 0 amide bonds. The van der Waals surface area contributed by atoms with Crippen LogP contribution in [0.4, 0.5) is 0 Å². The molecule has 1 heterocycles. The van der Waals surface area contributed by atoms with E-state index in [1.165, 1.54) is 109 Å². The molecule has 1 aliphatic rings. The van der Waals surface area contributed by atoms with Crippen LogP contribution in [-0.4, -0.2) is 35.5 Å². The van der Waals surface area contributed by atoms with E-state index in [1.54, 1.807) is 0 Å². The summed E-state index contributed by atoms with van der Waals surface area (Å²) < 4.78 is 0.905. The number of nitrogens with one attached hydrogen (secondary N) is 1. The van der Waals surface area contributed by atoms with E-state index in [0.717, 1.165) is 17.6 Å². The fraction of sp³-hybridized carbons (Fsp3) is 0.852. The maximum Gasteiger partial charge on any atom is 0.166 e. The molecule has 0 fully saturated rings. The van der Waals surface area contributed by atoms with Crippen LogP contribution in [0.15, 0.2) is 24.6 Å². The maximum atomic E-state index is 9.39. The Balaban J connectivity index is 1.86. The van der Waals surface area contributed by atoms with Crippen molar-refractivity contribution in [3.05, 3.63) is 24.6 Å². The molecule has 1 aliphatic heterocycles. The Hall–Kier alpha value is -0.800. The van der Waals surface area contributed by atoms with Crippen LogP contribution in [0, 0.1) is 0 Å². The Kier molecular flexibility index (Phi) is 17.2. The van der Waals surface area contributed by atoms with Crippen LogP contribution in [-0.2, 0) is 0 Å². The van der Waals surface area contributed by atoms with Crippen LogP contribution in [0.2, 0.25) is 0 Å². The normalized spacial score (nSPS) is 21.0. The topological polar surface area (TPSA) is 32.3 Å². The van der Waals surface area contributed by atoms with E-state index >= 15 is 0 Å². The smallest absolute Gasteiger partial charge is 0.166 e. The number of aliphatic hydroxyl groups excluding tert-OH is 1. The lowest BCUT2D eigenvalue weighted by Crippen LogP contribution is -2.54. The Bertz CT molecular complexity index is 435. The summed E-state index contributed by atoms with van der Waals surface area (Å²) in [5.74, 6) is 0. The van der Waals surface area contributed by atoms with Gasteiger partial charge in [0.25, 0.3) is 0 Å². The first-order chi connectivity index (χ1) is 14.8. The number of quaternary nitrogens is 1. The molecule has 0 spiro atoms. The molecule has 0 radical (unpaired) electrons. The first-order valence-electron chi connectivity index (χ1n) is 13.3. The molecule has 0 saturated carbocycles. The summed E-state index contributed by atoms with van der Waals surface area (Å²) in [4.78, 5) is 0. The summed E-state index contributed by atoms with van der Waals surface area (Å²) >= 11 is 0. The molecule has 0 aromatic carbocycles. The summed E-state index contributed by atoms with van der Waals surface area (Å²) in [6, 6.07) is 0. The summed E-state index contributed by atoms with van der Waals surface area (Å²) in [5, 5.41) is 12.9. The van der Waals surface area contributed by atoms with Crippen molar-refractivity contribution < 1.29 is 9.59 Å². The van der Waals surface area contributed by atoms with Gasteiger partial charge < -0.3 is 10.4 Å². The fourth-order valence-corrected chi connectivity index (χ4v) is 4.73. The number of hydrogen-bond acceptors (Lipinski definition) is 2. The van der Waals surface area contributed by atoms with Gasteiger partial charge in [0.15, 0.2) is 6.17 Å². The van der Waals surface area contributed by atoms with E-state index in [2.05, 4.69) is 43.7 Å². The predicted octanol–water partition coefficient (Wildman–Crippen LogP) is 7.42. The van der Waals surface area contributed by atoms with Crippen molar-refractivity contribution in [1.82, 2.24) is 5.32 Å². The minimum Gasteiger partial charge on any atom is -0.390 e. The number of rotatable bonds is 21. The van der Waals surface area contributed by atoms with Crippen molar-refractivity contribution >= 4 is 0 Å². The highest BCUT2D eigenvalue weighted by molar-refractivity contribution is 4.84. The van der Waals surface area contributed by atoms with E-state index in [4.69, 9.17) is 0 Å². The zero-order valence-corrected chi connectivity index (χ0v) is 20.4. The van der Waals surface area contributed by atoms with Gasteiger partial charge in [-0.15, -0.1) is 0 Å². The molecule has 0 aliphatic carbocycles. The van der Waals surface area contributed by atoms with Gasteiger partial charge in [0.05, 0.1) is 19.4 Å². The van der Waals surface area contributed by atoms with Crippen LogP contribution in [0.25, 0.3) is 0 Å². The number of allylic oxidation sites excluding steroid dienone is 2. The third-order valence-electron chi connectivity index (χ3n) is 6.88. The molecule has 0 aromatic rings. The minimum atomic E-state index is 0.268. The van der Waals surface area contributed by atoms with Gasteiger partial charge in [0.1, 0.15) is 12.7 Å². The Labute approximate surface area is 188 Å². The Morgan fingerprint density at radius 3 is 1.83 bits per heavy atom. The number of aliphatic hydroxyl groups is 1. The Morgan fingerprint density at radius 2 is 1.30 bits per heavy atom. The fourth-order valence-electron chi connectivity index (χ4n) is 4.73. The summed E-state index contributed by atoms with van der Waals surface area (Å²) in [6.45, 7) is 6.67. The zero-order chi connectivity index (χ0) is 21.8. The predicted molar refractivity (Wildman–Crippen MR) is 132 cm³/mol. The molecular weight excluding hydrogens is 368 g/mol. The standard InChI is InChI=1S/C27H53N2O/c1-3-5-6-7-8-9-10-11-12-13-14-15-16-17-18-19-20-21-22-27-28-23-24-29(27,4-2)25-26-30/h13-14,23-24,27-28,30H,3-12,15-22,25-26H2,1-2H3/q+1/b14-13+. The van der Waals surface area contributed by atoms with Gasteiger partial charge in [0.2, 0.25) is 0 Å². The lowest BCUT2D eigenvalue weighted by molar-refractivity contribution is -0.900. The highest BCUT2D eigenvalue weighted by Crippen LogP contribution is 2.22. The Morgan fingerprint density at radius 1 is 0.767 bits per heavy atom. The van der Waals surface area contributed by atoms with Gasteiger partial charge in [-0.25, -0.2) is 0 Å². The van der Waals surface area contributed by atoms with Crippen LogP contribution < -0.4 is 5.32 Å². The molecule has 2 atom stereocenters. The quantitative estimate of drug-likeness (QED) is 0.115. The molecule has 2 N–H and O–H groups in total. The number of likely N-dealkylation sites (N-methyl/N-ethyl adjacent to an activating group) is 1. The molecule has 1 rings (SSSR count). The van der Waals surface area contributed by atoms with Gasteiger partial charge in [-0.3, -0.25) is 4.48 Å². The first kappa shape index (κ1) is 27.2. The largest absolute Gasteiger partial charge is 0.390 e. The van der Waals surface area contributed by atoms with Crippen molar-refractivity contribution in [2.45, 2.75) is 129 Å². The molecule has 0 aromatic heterocycles. The van der Waals surface area contributed by atoms with E-state index < -0.39 is 0 Å². The lowest BCUT2D eigenvalue weighted by atomic mass is 10.1. The van der Waals surface area contributed by atoms with Crippen molar-refractivity contribution in [3.63, 3.8) is 0 Å². The summed E-state index contributed by atoms with van der Waals surface area (Å²) in [7, 11) is 0. The third-order valence-corrected chi connectivity index (χ3v) is 6.88. The second-order valence-corrected chi connectivity index (χ2v) is 9.30. The molecule has 0 saturated heterocycles. The second kappa shape index (κ2) is 18.9. The van der Waals surface area contributed by atoms with E-state index in [1.807, 2.05) is 0 Å². The van der Waals surface area contributed by atoms with Gasteiger partial charge in [-0.05, 0) is 39.0 Å².